The number of nitro groups is 1. The standard InChI is InChI=1S/C19H16N4O3S/c1-13-4-2-3-5-16(13)17-10-11-19(22-21-17)27-12-18(24)20-14-6-8-15(9-7-14)23(25)26/h2-11H,12H2,1H3,(H,20,24). The van der Waals surface area contributed by atoms with Gasteiger partial charge >= 0.3 is 0 Å². The van der Waals surface area contributed by atoms with E-state index in [1.807, 2.05) is 43.3 Å². The van der Waals surface area contributed by atoms with Crippen molar-refractivity contribution in [3.63, 3.8) is 0 Å². The number of amides is 1. The predicted molar refractivity (Wildman–Crippen MR) is 105 cm³/mol. The Bertz CT molecular complexity index is 959. The van der Waals surface area contributed by atoms with Gasteiger partial charge in [-0.25, -0.2) is 0 Å². The quantitative estimate of drug-likeness (QED) is 0.393. The highest BCUT2D eigenvalue weighted by atomic mass is 32.2. The van der Waals surface area contributed by atoms with Crippen LogP contribution in [0, 0.1) is 17.0 Å². The molecule has 0 saturated heterocycles. The fourth-order valence-electron chi connectivity index (χ4n) is 2.40. The van der Waals surface area contributed by atoms with Crippen LogP contribution in [-0.4, -0.2) is 26.8 Å². The lowest BCUT2D eigenvalue weighted by molar-refractivity contribution is -0.384. The Morgan fingerprint density at radius 3 is 2.44 bits per heavy atom. The number of nitrogens with one attached hydrogen (secondary N) is 1. The van der Waals surface area contributed by atoms with Gasteiger partial charge in [-0.1, -0.05) is 36.0 Å². The zero-order chi connectivity index (χ0) is 19.2. The van der Waals surface area contributed by atoms with Crippen molar-refractivity contribution in [2.45, 2.75) is 11.9 Å². The SMILES string of the molecule is Cc1ccccc1-c1ccc(SCC(=O)Nc2ccc([N+](=O)[O-])cc2)nn1. The van der Waals surface area contributed by atoms with Gasteiger partial charge in [-0.15, -0.1) is 10.2 Å². The molecule has 0 atom stereocenters. The lowest BCUT2D eigenvalue weighted by atomic mass is 10.1. The minimum atomic E-state index is -0.485. The molecule has 0 saturated carbocycles. The Balaban J connectivity index is 1.56. The average Bonchev–Trinajstić information content (AvgIpc) is 2.68. The van der Waals surface area contributed by atoms with E-state index in [1.54, 1.807) is 0 Å². The van der Waals surface area contributed by atoms with E-state index in [0.717, 1.165) is 16.8 Å². The lowest BCUT2D eigenvalue weighted by Crippen LogP contribution is -2.14. The van der Waals surface area contributed by atoms with Crippen molar-refractivity contribution in [2.24, 2.45) is 0 Å². The molecule has 0 unspecified atom stereocenters. The van der Waals surface area contributed by atoms with Crippen LogP contribution in [0.15, 0.2) is 65.7 Å². The minimum Gasteiger partial charge on any atom is -0.325 e. The normalized spacial score (nSPS) is 10.4. The van der Waals surface area contributed by atoms with Crippen LogP contribution in [0.1, 0.15) is 5.56 Å². The van der Waals surface area contributed by atoms with E-state index >= 15 is 0 Å². The zero-order valence-corrected chi connectivity index (χ0v) is 15.3. The summed E-state index contributed by atoms with van der Waals surface area (Å²) < 4.78 is 0. The molecule has 7 nitrogen and oxygen atoms in total. The number of aryl methyl sites for hydroxylation is 1. The Labute approximate surface area is 160 Å². The number of carbonyl (C=O) groups is 1. The van der Waals surface area contributed by atoms with Crippen LogP contribution in [0.2, 0.25) is 0 Å². The third kappa shape index (κ3) is 4.89. The number of anilines is 1. The summed E-state index contributed by atoms with van der Waals surface area (Å²) in [6, 6.07) is 17.3. The van der Waals surface area contributed by atoms with Crippen molar-refractivity contribution in [1.82, 2.24) is 10.2 Å². The number of aromatic nitrogens is 2. The third-order valence-electron chi connectivity index (χ3n) is 3.77. The maximum Gasteiger partial charge on any atom is 0.269 e. The molecule has 0 aliphatic heterocycles. The lowest BCUT2D eigenvalue weighted by Gasteiger charge is -2.06. The highest BCUT2D eigenvalue weighted by Crippen LogP contribution is 2.23. The van der Waals surface area contributed by atoms with Gasteiger partial charge in [0.05, 0.1) is 16.4 Å². The fourth-order valence-corrected chi connectivity index (χ4v) is 3.02. The monoisotopic (exact) mass is 380 g/mol. The van der Waals surface area contributed by atoms with E-state index in [4.69, 9.17) is 0 Å². The summed E-state index contributed by atoms with van der Waals surface area (Å²) in [6.45, 7) is 2.02. The second-order valence-corrected chi connectivity index (χ2v) is 6.71. The van der Waals surface area contributed by atoms with Gasteiger partial charge in [0.25, 0.3) is 5.69 Å². The van der Waals surface area contributed by atoms with Crippen molar-refractivity contribution < 1.29 is 9.72 Å². The van der Waals surface area contributed by atoms with Gasteiger partial charge < -0.3 is 5.32 Å². The van der Waals surface area contributed by atoms with E-state index in [-0.39, 0.29) is 17.3 Å². The molecular weight excluding hydrogens is 364 g/mol. The summed E-state index contributed by atoms with van der Waals surface area (Å²) in [7, 11) is 0. The molecule has 0 bridgehead atoms. The third-order valence-corrected chi connectivity index (χ3v) is 4.69. The Hall–Kier alpha value is -3.26. The molecule has 3 aromatic rings. The molecule has 27 heavy (non-hydrogen) atoms. The first-order chi connectivity index (χ1) is 13.0. The first-order valence-corrected chi connectivity index (χ1v) is 9.08. The van der Waals surface area contributed by atoms with Gasteiger partial charge in [0, 0.05) is 23.4 Å². The molecule has 136 valence electrons. The number of carbonyl (C=O) groups excluding carboxylic acids is 1. The van der Waals surface area contributed by atoms with Crippen LogP contribution in [0.25, 0.3) is 11.3 Å². The maximum atomic E-state index is 12.0. The molecule has 0 aliphatic rings. The summed E-state index contributed by atoms with van der Waals surface area (Å²) in [5.74, 6) is -0.0614. The van der Waals surface area contributed by atoms with Crippen molar-refractivity contribution in [3.05, 3.63) is 76.3 Å². The molecule has 1 aromatic heterocycles. The van der Waals surface area contributed by atoms with Crippen molar-refractivity contribution >= 4 is 29.0 Å². The van der Waals surface area contributed by atoms with Gasteiger partial charge in [-0.05, 0) is 36.8 Å². The highest BCUT2D eigenvalue weighted by molar-refractivity contribution is 7.99. The highest BCUT2D eigenvalue weighted by Gasteiger charge is 2.09. The summed E-state index contributed by atoms with van der Waals surface area (Å²) in [5, 5.41) is 22.4. The number of non-ortho nitro benzene ring substituents is 1. The largest absolute Gasteiger partial charge is 0.325 e. The molecule has 1 heterocycles. The van der Waals surface area contributed by atoms with E-state index in [0.29, 0.717) is 10.7 Å². The number of nitro benzene ring substituents is 1. The number of benzene rings is 2. The zero-order valence-electron chi connectivity index (χ0n) is 14.5. The number of nitrogens with zero attached hydrogens (tertiary/aromatic N) is 3. The van der Waals surface area contributed by atoms with Crippen molar-refractivity contribution in [2.75, 3.05) is 11.1 Å². The fraction of sp³-hybridized carbons (Fsp3) is 0.105. The average molecular weight is 380 g/mol. The number of hydrogen-bond acceptors (Lipinski definition) is 6. The summed E-state index contributed by atoms with van der Waals surface area (Å²) in [5.41, 5.74) is 3.42. The predicted octanol–water partition coefficient (Wildman–Crippen LogP) is 4.09. The number of hydrogen-bond donors (Lipinski definition) is 1. The first-order valence-electron chi connectivity index (χ1n) is 8.10. The van der Waals surface area contributed by atoms with Crippen LogP contribution >= 0.6 is 11.8 Å². The van der Waals surface area contributed by atoms with E-state index in [2.05, 4.69) is 15.5 Å². The summed E-state index contributed by atoms with van der Waals surface area (Å²) in [6.07, 6.45) is 0. The van der Waals surface area contributed by atoms with Crippen LogP contribution < -0.4 is 5.32 Å². The van der Waals surface area contributed by atoms with Crippen molar-refractivity contribution in [3.8, 4) is 11.3 Å². The smallest absolute Gasteiger partial charge is 0.269 e. The molecule has 0 spiro atoms. The van der Waals surface area contributed by atoms with Crippen LogP contribution in [-0.2, 0) is 4.79 Å². The Kier molecular flexibility index (Phi) is 5.77. The molecule has 3 rings (SSSR count). The van der Waals surface area contributed by atoms with Crippen LogP contribution in [0.4, 0.5) is 11.4 Å². The summed E-state index contributed by atoms with van der Waals surface area (Å²) >= 11 is 1.27. The molecule has 8 heteroatoms. The van der Waals surface area contributed by atoms with Crippen LogP contribution in [0.5, 0.6) is 0 Å². The van der Waals surface area contributed by atoms with Gasteiger partial charge in [0.15, 0.2) is 0 Å². The molecule has 0 radical (unpaired) electrons. The van der Waals surface area contributed by atoms with Crippen molar-refractivity contribution in [1.29, 1.82) is 0 Å². The number of thioether (sulfide) groups is 1. The van der Waals surface area contributed by atoms with E-state index in [9.17, 15) is 14.9 Å². The molecule has 0 aliphatic carbocycles. The Morgan fingerprint density at radius 1 is 1.07 bits per heavy atom. The van der Waals surface area contributed by atoms with E-state index < -0.39 is 4.92 Å². The molecular formula is C19H16N4O3S. The molecule has 1 N–H and O–H groups in total. The van der Waals surface area contributed by atoms with Gasteiger partial charge in [0.1, 0.15) is 5.03 Å². The van der Waals surface area contributed by atoms with Gasteiger partial charge in [-0.2, -0.15) is 0 Å². The maximum absolute atomic E-state index is 12.0. The molecule has 2 aromatic carbocycles. The topological polar surface area (TPSA) is 98.0 Å². The second-order valence-electron chi connectivity index (χ2n) is 5.71. The van der Waals surface area contributed by atoms with Gasteiger partial charge in [-0.3, -0.25) is 14.9 Å². The second kappa shape index (κ2) is 8.41. The number of rotatable bonds is 6. The van der Waals surface area contributed by atoms with Gasteiger partial charge in [0.2, 0.25) is 5.91 Å². The molecule has 1 amide bonds. The Morgan fingerprint density at radius 2 is 1.81 bits per heavy atom. The minimum absolute atomic E-state index is 0.0219. The van der Waals surface area contributed by atoms with Crippen LogP contribution in [0.3, 0.4) is 0 Å². The summed E-state index contributed by atoms with van der Waals surface area (Å²) in [4.78, 5) is 22.2. The molecule has 0 fully saturated rings. The van der Waals surface area contributed by atoms with E-state index in [1.165, 1.54) is 36.0 Å². The first kappa shape index (κ1) is 18.5.